The van der Waals surface area contributed by atoms with Crippen LogP contribution in [0.4, 0.5) is 0 Å². The Balaban J connectivity index is 2.22. The summed E-state index contributed by atoms with van der Waals surface area (Å²) in [7, 11) is 0. The molecule has 1 aliphatic rings. The van der Waals surface area contributed by atoms with Crippen molar-refractivity contribution >= 4 is 6.29 Å². The first-order valence-corrected chi connectivity index (χ1v) is 2.87. The van der Waals surface area contributed by atoms with Crippen LogP contribution in [-0.4, -0.2) is 18.9 Å². The van der Waals surface area contributed by atoms with E-state index in [1.165, 1.54) is 0 Å². The van der Waals surface area contributed by atoms with Crippen LogP contribution in [-0.2, 0) is 4.79 Å². The molecule has 0 aliphatic carbocycles. The van der Waals surface area contributed by atoms with E-state index in [2.05, 4.69) is 10.9 Å². The molecule has 0 aromatic carbocycles. The minimum atomic E-state index is 0.0451. The summed E-state index contributed by atoms with van der Waals surface area (Å²) in [5.74, 6) is 0. The molecule has 1 heterocycles. The van der Waals surface area contributed by atoms with Gasteiger partial charge in [-0.2, -0.15) is 0 Å². The van der Waals surface area contributed by atoms with E-state index in [9.17, 15) is 4.79 Å². The molecule has 1 atom stereocenters. The fraction of sp³-hybridized carbons (Fsp3) is 0.800. The van der Waals surface area contributed by atoms with Gasteiger partial charge in [0.15, 0.2) is 0 Å². The highest BCUT2D eigenvalue weighted by Gasteiger charge is 2.08. The van der Waals surface area contributed by atoms with Gasteiger partial charge in [0.25, 0.3) is 0 Å². The average Bonchev–Trinajstić information content (AvgIpc) is 1.90. The smallest absolute Gasteiger partial charge is 0.138 e. The van der Waals surface area contributed by atoms with E-state index < -0.39 is 0 Å². The van der Waals surface area contributed by atoms with E-state index in [1.807, 2.05) is 0 Å². The van der Waals surface area contributed by atoms with Crippen LogP contribution in [0.25, 0.3) is 0 Å². The molecule has 0 aromatic heterocycles. The highest BCUT2D eigenvalue weighted by Crippen LogP contribution is 1.95. The standard InChI is InChI=1S/C5H10N2O/c8-4-5-2-1-3-6-7-5/h4-7H,1-3H2/t5-/m0/s1. The van der Waals surface area contributed by atoms with E-state index in [1.54, 1.807) is 0 Å². The number of hydrogen-bond acceptors (Lipinski definition) is 3. The van der Waals surface area contributed by atoms with E-state index in [0.717, 1.165) is 25.7 Å². The largest absolute Gasteiger partial charge is 0.302 e. The van der Waals surface area contributed by atoms with Crippen molar-refractivity contribution in [2.45, 2.75) is 18.9 Å². The molecule has 1 saturated heterocycles. The Labute approximate surface area is 48.4 Å². The van der Waals surface area contributed by atoms with Crippen LogP contribution in [0.1, 0.15) is 12.8 Å². The maximum Gasteiger partial charge on any atom is 0.138 e. The third-order valence-corrected chi connectivity index (χ3v) is 1.27. The van der Waals surface area contributed by atoms with Gasteiger partial charge in [-0.25, -0.2) is 5.43 Å². The van der Waals surface area contributed by atoms with Gasteiger partial charge in [0, 0.05) is 6.54 Å². The molecule has 46 valence electrons. The Morgan fingerprint density at radius 3 is 2.88 bits per heavy atom. The molecular weight excluding hydrogens is 104 g/mol. The number of hydrogen-bond donors (Lipinski definition) is 2. The quantitative estimate of drug-likeness (QED) is 0.449. The van der Waals surface area contributed by atoms with Crippen LogP contribution in [0.5, 0.6) is 0 Å². The molecule has 0 saturated carbocycles. The molecule has 1 rings (SSSR count). The van der Waals surface area contributed by atoms with Crippen molar-refractivity contribution in [3.05, 3.63) is 0 Å². The van der Waals surface area contributed by atoms with Crippen LogP contribution in [0.2, 0.25) is 0 Å². The molecule has 0 radical (unpaired) electrons. The lowest BCUT2D eigenvalue weighted by atomic mass is 10.1. The Kier molecular flexibility index (Phi) is 2.00. The maximum absolute atomic E-state index is 10.1. The summed E-state index contributed by atoms with van der Waals surface area (Å²) < 4.78 is 0. The van der Waals surface area contributed by atoms with Gasteiger partial charge >= 0.3 is 0 Å². The second-order valence-corrected chi connectivity index (χ2v) is 1.96. The second kappa shape index (κ2) is 2.79. The van der Waals surface area contributed by atoms with Crippen molar-refractivity contribution in [2.75, 3.05) is 6.54 Å². The van der Waals surface area contributed by atoms with Crippen molar-refractivity contribution in [3.8, 4) is 0 Å². The van der Waals surface area contributed by atoms with Gasteiger partial charge in [-0.05, 0) is 12.8 Å². The van der Waals surface area contributed by atoms with Gasteiger partial charge in [0.1, 0.15) is 6.29 Å². The third kappa shape index (κ3) is 1.28. The normalized spacial score (nSPS) is 29.8. The van der Waals surface area contributed by atoms with E-state index in [0.29, 0.717) is 0 Å². The molecular formula is C5H10N2O. The lowest BCUT2D eigenvalue weighted by Crippen LogP contribution is -2.46. The van der Waals surface area contributed by atoms with Crippen molar-refractivity contribution in [2.24, 2.45) is 0 Å². The first-order valence-electron chi connectivity index (χ1n) is 2.87. The number of aldehydes is 1. The zero-order valence-corrected chi connectivity index (χ0v) is 4.68. The van der Waals surface area contributed by atoms with Gasteiger partial charge in [0.05, 0.1) is 6.04 Å². The summed E-state index contributed by atoms with van der Waals surface area (Å²) in [6, 6.07) is 0.0451. The number of carbonyl (C=O) groups excluding carboxylic acids is 1. The van der Waals surface area contributed by atoms with Gasteiger partial charge in [0.2, 0.25) is 0 Å². The Bertz CT molecular complexity index is 78.5. The first kappa shape index (κ1) is 5.72. The average molecular weight is 114 g/mol. The molecule has 2 N–H and O–H groups in total. The van der Waals surface area contributed by atoms with E-state index in [-0.39, 0.29) is 6.04 Å². The van der Waals surface area contributed by atoms with Crippen molar-refractivity contribution in [1.82, 2.24) is 10.9 Å². The number of carbonyl (C=O) groups is 1. The molecule has 0 spiro atoms. The van der Waals surface area contributed by atoms with Crippen LogP contribution in [0.15, 0.2) is 0 Å². The van der Waals surface area contributed by atoms with Crippen molar-refractivity contribution in [1.29, 1.82) is 0 Å². The lowest BCUT2D eigenvalue weighted by Gasteiger charge is -2.18. The van der Waals surface area contributed by atoms with E-state index in [4.69, 9.17) is 0 Å². The SMILES string of the molecule is O=C[C@@H]1CCCNN1. The summed E-state index contributed by atoms with van der Waals surface area (Å²) in [6.07, 6.45) is 3.00. The Hall–Kier alpha value is -0.410. The molecule has 0 amide bonds. The molecule has 0 aromatic rings. The molecule has 0 unspecified atom stereocenters. The molecule has 0 bridgehead atoms. The summed E-state index contributed by atoms with van der Waals surface area (Å²) in [5.41, 5.74) is 5.76. The van der Waals surface area contributed by atoms with Crippen molar-refractivity contribution in [3.63, 3.8) is 0 Å². The van der Waals surface area contributed by atoms with Gasteiger partial charge in [-0.1, -0.05) is 0 Å². The van der Waals surface area contributed by atoms with Gasteiger partial charge in [-0.15, -0.1) is 0 Å². The predicted octanol–water partition coefficient (Wildman–Crippen LogP) is -0.558. The Morgan fingerprint density at radius 1 is 1.62 bits per heavy atom. The summed E-state index contributed by atoms with van der Waals surface area (Å²) in [4.78, 5) is 10.1. The zero-order chi connectivity index (χ0) is 5.82. The number of rotatable bonds is 1. The molecule has 8 heavy (non-hydrogen) atoms. The molecule has 3 heteroatoms. The summed E-state index contributed by atoms with van der Waals surface area (Å²) >= 11 is 0. The molecule has 3 nitrogen and oxygen atoms in total. The molecule has 1 fully saturated rings. The van der Waals surface area contributed by atoms with Gasteiger partial charge in [-0.3, -0.25) is 5.43 Å². The fourth-order valence-electron chi connectivity index (χ4n) is 0.788. The number of nitrogens with one attached hydrogen (secondary N) is 2. The van der Waals surface area contributed by atoms with Gasteiger partial charge < -0.3 is 4.79 Å². The highest BCUT2D eigenvalue weighted by atomic mass is 16.1. The van der Waals surface area contributed by atoms with E-state index >= 15 is 0 Å². The minimum Gasteiger partial charge on any atom is -0.302 e. The predicted molar refractivity (Wildman–Crippen MR) is 30.2 cm³/mol. The first-order chi connectivity index (χ1) is 3.93. The fourth-order valence-corrected chi connectivity index (χ4v) is 0.788. The molecule has 1 aliphatic heterocycles. The summed E-state index contributed by atoms with van der Waals surface area (Å²) in [5, 5.41) is 0. The van der Waals surface area contributed by atoms with Crippen LogP contribution in [0, 0.1) is 0 Å². The van der Waals surface area contributed by atoms with Crippen LogP contribution >= 0.6 is 0 Å². The van der Waals surface area contributed by atoms with Crippen LogP contribution < -0.4 is 10.9 Å². The number of hydrazine groups is 1. The topological polar surface area (TPSA) is 41.1 Å². The zero-order valence-electron chi connectivity index (χ0n) is 4.68. The lowest BCUT2D eigenvalue weighted by molar-refractivity contribution is -0.110. The monoisotopic (exact) mass is 114 g/mol. The van der Waals surface area contributed by atoms with Crippen LogP contribution in [0.3, 0.4) is 0 Å². The summed E-state index contributed by atoms with van der Waals surface area (Å²) in [6.45, 7) is 0.977. The Morgan fingerprint density at radius 2 is 2.50 bits per heavy atom. The van der Waals surface area contributed by atoms with Crippen molar-refractivity contribution < 1.29 is 4.79 Å². The maximum atomic E-state index is 10.1. The third-order valence-electron chi connectivity index (χ3n) is 1.27. The second-order valence-electron chi connectivity index (χ2n) is 1.96. The minimum absolute atomic E-state index is 0.0451. The highest BCUT2D eigenvalue weighted by molar-refractivity contribution is 5.57.